The quantitative estimate of drug-likeness (QED) is 0.217. The van der Waals surface area contributed by atoms with Crippen LogP contribution in [0.25, 0.3) is 10.2 Å². The number of nitrogens with zero attached hydrogens (tertiary/aromatic N) is 1. The van der Waals surface area contributed by atoms with Gasteiger partial charge in [0.15, 0.2) is 10.6 Å². The number of para-hydroxylation sites is 1. The molecule has 1 aliphatic rings. The van der Waals surface area contributed by atoms with E-state index in [0.29, 0.717) is 12.2 Å². The van der Waals surface area contributed by atoms with Gasteiger partial charge in [-0.25, -0.2) is 9.78 Å². The molecule has 0 saturated carbocycles. The zero-order valence-corrected chi connectivity index (χ0v) is 22.9. The zero-order chi connectivity index (χ0) is 26.5. The third kappa shape index (κ3) is 6.19. The smallest absolute Gasteiger partial charge is 0.319 e. The van der Waals surface area contributed by atoms with E-state index in [1.54, 1.807) is 23.1 Å². The summed E-state index contributed by atoms with van der Waals surface area (Å²) in [4.78, 5) is 16.6. The Morgan fingerprint density at radius 2 is 1.76 bits per heavy atom. The SMILES string of the molecule is CCNC(=O)Nc1ccc([C@@H]2O[C@H](CSc3nc4ccccc4s3)[C@H](C)[C@H](c3ccc(CO)cc3)O2)cc1. The molecule has 0 spiro atoms. The van der Waals surface area contributed by atoms with E-state index in [9.17, 15) is 9.90 Å². The normalized spacial score (nSPS) is 21.3. The van der Waals surface area contributed by atoms with E-state index < -0.39 is 6.29 Å². The van der Waals surface area contributed by atoms with Crippen LogP contribution in [0.15, 0.2) is 77.1 Å². The topological polar surface area (TPSA) is 92.7 Å². The first-order valence-corrected chi connectivity index (χ1v) is 14.5. The number of anilines is 1. The number of thiazole rings is 1. The van der Waals surface area contributed by atoms with Crippen molar-refractivity contribution in [2.24, 2.45) is 5.92 Å². The Morgan fingerprint density at radius 1 is 1.03 bits per heavy atom. The van der Waals surface area contributed by atoms with Crippen LogP contribution in [0.3, 0.4) is 0 Å². The van der Waals surface area contributed by atoms with Gasteiger partial charge in [0, 0.05) is 29.5 Å². The summed E-state index contributed by atoms with van der Waals surface area (Å²) in [6, 6.07) is 23.4. The Morgan fingerprint density at radius 3 is 2.47 bits per heavy atom. The van der Waals surface area contributed by atoms with Gasteiger partial charge >= 0.3 is 6.03 Å². The van der Waals surface area contributed by atoms with Gasteiger partial charge in [-0.05, 0) is 42.3 Å². The highest BCUT2D eigenvalue weighted by Crippen LogP contribution is 2.43. The lowest BCUT2D eigenvalue weighted by atomic mass is 9.91. The first-order valence-electron chi connectivity index (χ1n) is 12.7. The molecule has 4 atom stereocenters. The molecule has 7 nitrogen and oxygen atoms in total. The van der Waals surface area contributed by atoms with Crippen LogP contribution in [0, 0.1) is 5.92 Å². The van der Waals surface area contributed by atoms with Gasteiger partial charge in [0.1, 0.15) is 0 Å². The van der Waals surface area contributed by atoms with Gasteiger partial charge in [0.25, 0.3) is 0 Å². The highest BCUT2D eigenvalue weighted by Gasteiger charge is 2.38. The molecule has 1 fully saturated rings. The van der Waals surface area contributed by atoms with Gasteiger partial charge in [-0.2, -0.15) is 0 Å². The molecule has 1 aliphatic heterocycles. The molecule has 1 saturated heterocycles. The molecule has 1 aromatic heterocycles. The van der Waals surface area contributed by atoms with Crippen molar-refractivity contribution < 1.29 is 19.4 Å². The summed E-state index contributed by atoms with van der Waals surface area (Å²) < 4.78 is 15.3. The average molecular weight is 550 g/mol. The van der Waals surface area contributed by atoms with Crippen LogP contribution >= 0.6 is 23.1 Å². The van der Waals surface area contributed by atoms with Crippen molar-refractivity contribution in [2.45, 2.75) is 43.3 Å². The molecule has 9 heteroatoms. The van der Waals surface area contributed by atoms with Crippen LogP contribution in [-0.4, -0.2) is 34.5 Å². The number of carbonyl (C=O) groups excluding carboxylic acids is 1. The van der Waals surface area contributed by atoms with E-state index in [4.69, 9.17) is 14.5 Å². The summed E-state index contributed by atoms with van der Waals surface area (Å²) in [5, 5.41) is 15.0. The van der Waals surface area contributed by atoms with Crippen molar-refractivity contribution in [1.82, 2.24) is 10.3 Å². The van der Waals surface area contributed by atoms with Crippen LogP contribution < -0.4 is 10.6 Å². The zero-order valence-electron chi connectivity index (χ0n) is 21.3. The molecular formula is C29H31N3O4S2. The van der Waals surface area contributed by atoms with Gasteiger partial charge in [-0.3, -0.25) is 0 Å². The molecule has 3 N–H and O–H groups in total. The maximum atomic E-state index is 11.9. The summed E-state index contributed by atoms with van der Waals surface area (Å²) >= 11 is 3.41. The van der Waals surface area contributed by atoms with Gasteiger partial charge in [-0.1, -0.05) is 67.2 Å². The van der Waals surface area contributed by atoms with Crippen LogP contribution in [0.1, 0.15) is 42.9 Å². The number of hydrogen-bond acceptors (Lipinski definition) is 7. The fourth-order valence-electron chi connectivity index (χ4n) is 4.44. The number of hydrogen-bond donors (Lipinski definition) is 3. The van der Waals surface area contributed by atoms with Crippen molar-refractivity contribution >= 4 is 45.0 Å². The number of carbonyl (C=O) groups is 1. The van der Waals surface area contributed by atoms with Gasteiger partial charge < -0.3 is 25.2 Å². The van der Waals surface area contributed by atoms with Gasteiger partial charge in [0.2, 0.25) is 0 Å². The molecule has 4 aromatic rings. The first kappa shape index (κ1) is 26.6. The lowest BCUT2D eigenvalue weighted by Gasteiger charge is -2.41. The minimum absolute atomic E-state index is 0.00515. The van der Waals surface area contributed by atoms with Crippen molar-refractivity contribution in [2.75, 3.05) is 17.6 Å². The lowest BCUT2D eigenvalue weighted by Crippen LogP contribution is -2.38. The Kier molecular flexibility index (Phi) is 8.61. The van der Waals surface area contributed by atoms with E-state index in [1.807, 2.05) is 73.7 Å². The molecule has 0 bridgehead atoms. The van der Waals surface area contributed by atoms with Crippen LogP contribution in [0.4, 0.5) is 10.5 Å². The second-order valence-corrected chi connectivity index (χ2v) is 11.5. The number of aliphatic hydroxyl groups is 1. The maximum Gasteiger partial charge on any atom is 0.319 e. The molecule has 3 aromatic carbocycles. The molecule has 5 rings (SSSR count). The van der Waals surface area contributed by atoms with Gasteiger partial charge in [0.05, 0.1) is 29.0 Å². The van der Waals surface area contributed by atoms with E-state index in [1.165, 1.54) is 4.70 Å². The third-order valence-electron chi connectivity index (χ3n) is 6.55. The van der Waals surface area contributed by atoms with Crippen molar-refractivity contribution in [3.05, 3.63) is 89.5 Å². The number of thioether (sulfide) groups is 1. The molecule has 0 aliphatic carbocycles. The highest BCUT2D eigenvalue weighted by molar-refractivity contribution is 8.01. The molecule has 38 heavy (non-hydrogen) atoms. The maximum absolute atomic E-state index is 11.9. The largest absolute Gasteiger partial charge is 0.392 e. The Balaban J connectivity index is 1.36. The predicted molar refractivity (Wildman–Crippen MR) is 152 cm³/mol. The lowest BCUT2D eigenvalue weighted by molar-refractivity contribution is -0.268. The number of urea groups is 1. The second-order valence-electron chi connectivity index (χ2n) is 9.19. The number of amides is 2. The molecule has 0 radical (unpaired) electrons. The second kappa shape index (κ2) is 12.3. The number of nitrogens with one attached hydrogen (secondary N) is 2. The third-order valence-corrected chi connectivity index (χ3v) is 8.81. The first-order chi connectivity index (χ1) is 18.5. The molecule has 2 heterocycles. The molecule has 198 valence electrons. The molecular weight excluding hydrogens is 518 g/mol. The molecule has 0 unspecified atom stereocenters. The van der Waals surface area contributed by atoms with E-state index in [0.717, 1.165) is 32.3 Å². The van der Waals surface area contributed by atoms with Crippen molar-refractivity contribution in [3.8, 4) is 0 Å². The number of rotatable bonds is 8. The van der Waals surface area contributed by atoms with E-state index >= 15 is 0 Å². The Hall–Kier alpha value is -2.95. The Bertz CT molecular complexity index is 1330. The van der Waals surface area contributed by atoms with Gasteiger partial charge in [-0.15, -0.1) is 11.3 Å². The number of aromatic nitrogens is 1. The minimum Gasteiger partial charge on any atom is -0.392 e. The monoisotopic (exact) mass is 549 g/mol. The standard InChI is InChI=1S/C29H31N3O4S2/c1-3-30-28(34)31-22-14-12-21(13-15-22)27-35-24(17-37-29-32-23-6-4-5-7-25(23)38-29)18(2)26(36-27)20-10-8-19(16-33)9-11-20/h4-15,18,24,26-27,33H,3,16-17H2,1-2H3,(H2,30,31,34)/t18-,24+,26+,27+/m0/s1. The van der Waals surface area contributed by atoms with Crippen LogP contribution in [-0.2, 0) is 16.1 Å². The Labute approximate surface area is 230 Å². The fourth-order valence-corrected chi connectivity index (χ4v) is 6.69. The number of benzene rings is 3. The summed E-state index contributed by atoms with van der Waals surface area (Å²) in [6.45, 7) is 4.60. The average Bonchev–Trinajstić information content (AvgIpc) is 3.36. The summed E-state index contributed by atoms with van der Waals surface area (Å²) in [6.07, 6.45) is -0.829. The number of aliphatic hydroxyl groups excluding tert-OH is 1. The summed E-state index contributed by atoms with van der Waals surface area (Å²) in [5.41, 5.74) is 4.51. The van der Waals surface area contributed by atoms with Crippen molar-refractivity contribution in [3.63, 3.8) is 0 Å². The highest BCUT2D eigenvalue weighted by atomic mass is 32.2. The summed E-state index contributed by atoms with van der Waals surface area (Å²) in [5.74, 6) is 0.829. The summed E-state index contributed by atoms with van der Waals surface area (Å²) in [7, 11) is 0. The van der Waals surface area contributed by atoms with Crippen LogP contribution in [0.2, 0.25) is 0 Å². The minimum atomic E-state index is -0.562. The van der Waals surface area contributed by atoms with Crippen LogP contribution in [0.5, 0.6) is 0 Å². The van der Waals surface area contributed by atoms with E-state index in [2.05, 4.69) is 23.6 Å². The number of fused-ring (bicyclic) bond motifs is 1. The van der Waals surface area contributed by atoms with E-state index in [-0.39, 0.29) is 30.8 Å². The molecule has 2 amide bonds. The fraction of sp³-hybridized carbons (Fsp3) is 0.310. The van der Waals surface area contributed by atoms with Crippen molar-refractivity contribution in [1.29, 1.82) is 0 Å². The predicted octanol–water partition coefficient (Wildman–Crippen LogP) is 6.51. The number of ether oxygens (including phenoxy) is 2.